The van der Waals surface area contributed by atoms with Crippen molar-refractivity contribution in [3.63, 3.8) is 0 Å². The monoisotopic (exact) mass is 978 g/mol. The number of rotatable bonds is 3. The maximum atomic E-state index is 7.13. The van der Waals surface area contributed by atoms with Gasteiger partial charge in [0.25, 0.3) is 0 Å². The molecule has 9 aromatic carbocycles. The van der Waals surface area contributed by atoms with E-state index in [1.165, 1.54) is 77.9 Å². The molecule has 0 radical (unpaired) electrons. The minimum atomic E-state index is -0.684. The maximum absolute atomic E-state index is 7.13. The summed E-state index contributed by atoms with van der Waals surface area (Å²) in [7, 11) is 0. The van der Waals surface area contributed by atoms with E-state index in [4.69, 9.17) is 9.47 Å². The van der Waals surface area contributed by atoms with Crippen LogP contribution in [-0.4, -0.2) is 0 Å². The summed E-state index contributed by atoms with van der Waals surface area (Å²) in [5, 5.41) is 0. The highest BCUT2D eigenvalue weighted by atomic mass is 16.5. The molecule has 0 saturated heterocycles. The van der Waals surface area contributed by atoms with Gasteiger partial charge in [-0.05, 0) is 150 Å². The molecular formula is C72H67NO2. The molecule has 3 nitrogen and oxygen atoms in total. The minimum absolute atomic E-state index is 0.0729. The van der Waals surface area contributed by atoms with Gasteiger partial charge in [0.2, 0.25) is 0 Å². The van der Waals surface area contributed by atoms with E-state index < -0.39 is 10.8 Å². The van der Waals surface area contributed by atoms with Crippen molar-refractivity contribution in [3.8, 4) is 45.3 Å². The standard InChI is InChI=1S/C72H67NO2/c1-67(2,3)44-29-34-50-51-35-30-45(68(4,5)6)40-57(51)72(56(50)39-44)54-25-18-19-28-62(54)74-65-38-33-49(43-60(65)72)73(48-21-14-13-15-22-48)61-27-20-26-55-66(61)52-23-16-17-24-53(52)71(55)58-41-46(69(7,8)9)31-36-63(58)75-64-37-32-47(42-59(64)71)70(10,11)12/h13-43H,1-12H3. The second kappa shape index (κ2) is 15.9. The molecule has 75 heavy (non-hydrogen) atoms. The van der Waals surface area contributed by atoms with Gasteiger partial charge in [-0.3, -0.25) is 0 Å². The normalized spacial score (nSPS) is 15.1. The second-order valence-electron chi connectivity index (χ2n) is 25.7. The first kappa shape index (κ1) is 47.1. The number of fused-ring (bicyclic) bond motifs is 18. The van der Waals surface area contributed by atoms with Gasteiger partial charge in [-0.1, -0.05) is 204 Å². The molecule has 2 heterocycles. The highest BCUT2D eigenvalue weighted by Crippen LogP contribution is 2.67. The van der Waals surface area contributed by atoms with E-state index in [1.807, 2.05) is 0 Å². The highest BCUT2D eigenvalue weighted by molar-refractivity contribution is 5.99. The predicted molar refractivity (Wildman–Crippen MR) is 311 cm³/mol. The Morgan fingerprint density at radius 1 is 0.293 bits per heavy atom. The first-order chi connectivity index (χ1) is 35.7. The summed E-state index contributed by atoms with van der Waals surface area (Å²) in [4.78, 5) is 2.51. The lowest BCUT2D eigenvalue weighted by atomic mass is 9.64. The average molecular weight is 978 g/mol. The van der Waals surface area contributed by atoms with Crippen LogP contribution in [0, 0.1) is 0 Å². The topological polar surface area (TPSA) is 21.7 Å². The van der Waals surface area contributed by atoms with Gasteiger partial charge in [0.1, 0.15) is 23.0 Å². The van der Waals surface area contributed by atoms with Crippen molar-refractivity contribution in [2.45, 2.75) is 116 Å². The summed E-state index contributed by atoms with van der Waals surface area (Å²) < 4.78 is 14.2. The lowest BCUT2D eigenvalue weighted by molar-refractivity contribution is 0.433. The van der Waals surface area contributed by atoms with E-state index in [1.54, 1.807) is 0 Å². The number of anilines is 3. The molecule has 372 valence electrons. The van der Waals surface area contributed by atoms with E-state index >= 15 is 0 Å². The summed E-state index contributed by atoms with van der Waals surface area (Å²) in [5.41, 5.74) is 21.5. The highest BCUT2D eigenvalue weighted by Gasteiger charge is 2.54. The number of hydrogen-bond donors (Lipinski definition) is 0. The fourth-order valence-corrected chi connectivity index (χ4v) is 13.1. The van der Waals surface area contributed by atoms with Crippen LogP contribution >= 0.6 is 0 Å². The number of hydrogen-bond acceptors (Lipinski definition) is 3. The van der Waals surface area contributed by atoms with E-state index in [0.29, 0.717) is 0 Å². The summed E-state index contributed by atoms with van der Waals surface area (Å²) in [6.07, 6.45) is 0. The van der Waals surface area contributed by atoms with Crippen LogP contribution in [0.25, 0.3) is 22.3 Å². The zero-order valence-electron chi connectivity index (χ0n) is 45.7. The van der Waals surface area contributed by atoms with E-state index in [2.05, 4.69) is 276 Å². The Kier molecular flexibility index (Phi) is 10.0. The van der Waals surface area contributed by atoms with Crippen LogP contribution in [0.2, 0.25) is 0 Å². The van der Waals surface area contributed by atoms with Crippen LogP contribution in [-0.2, 0) is 32.5 Å². The summed E-state index contributed by atoms with van der Waals surface area (Å²) in [6, 6.07) is 71.3. The molecule has 0 aromatic heterocycles. The van der Waals surface area contributed by atoms with Gasteiger partial charge in [-0.2, -0.15) is 0 Å². The number of para-hydroxylation sites is 2. The Hall–Kier alpha value is -7.62. The van der Waals surface area contributed by atoms with Crippen molar-refractivity contribution in [2.75, 3.05) is 4.90 Å². The summed E-state index contributed by atoms with van der Waals surface area (Å²) >= 11 is 0. The van der Waals surface area contributed by atoms with Gasteiger partial charge in [0, 0.05) is 39.2 Å². The molecule has 13 rings (SSSR count). The van der Waals surface area contributed by atoms with E-state index in [-0.39, 0.29) is 21.7 Å². The van der Waals surface area contributed by atoms with Crippen LogP contribution in [0.4, 0.5) is 17.1 Å². The lowest BCUT2D eigenvalue weighted by Crippen LogP contribution is -2.33. The SMILES string of the molecule is CC(C)(C)c1ccc2c(c1)C1(c3cc(C(C)(C)C)ccc3O2)c2ccccc2-c2c(N(c3ccccc3)c3ccc4c(c3)C3(c5ccccc5O4)c4cc(C(C)(C)C)ccc4-c4ccc(C(C)(C)C)cc43)cccc21. The first-order valence-electron chi connectivity index (χ1n) is 27.0. The van der Waals surface area contributed by atoms with Crippen molar-refractivity contribution >= 4 is 17.1 Å². The summed E-state index contributed by atoms with van der Waals surface area (Å²) in [6.45, 7) is 27.8. The second-order valence-corrected chi connectivity index (χ2v) is 25.7. The molecule has 2 aliphatic heterocycles. The third-order valence-corrected chi connectivity index (χ3v) is 17.0. The van der Waals surface area contributed by atoms with Crippen LogP contribution in [0.1, 0.15) is 150 Å². The van der Waals surface area contributed by atoms with E-state index in [9.17, 15) is 0 Å². The number of ether oxygens (including phenoxy) is 2. The zero-order valence-corrected chi connectivity index (χ0v) is 45.7. The molecule has 0 bridgehead atoms. The van der Waals surface area contributed by atoms with Gasteiger partial charge >= 0.3 is 0 Å². The third-order valence-electron chi connectivity index (χ3n) is 17.0. The lowest BCUT2D eigenvalue weighted by Gasteiger charge is -2.41. The van der Waals surface area contributed by atoms with Crippen molar-refractivity contribution in [2.24, 2.45) is 0 Å². The molecule has 4 aliphatic rings. The molecule has 0 N–H and O–H groups in total. The Bertz CT molecular complexity index is 3700. The van der Waals surface area contributed by atoms with Gasteiger partial charge in [-0.25, -0.2) is 0 Å². The average Bonchev–Trinajstić information content (AvgIpc) is 3.84. The molecule has 9 aromatic rings. The molecule has 0 amide bonds. The van der Waals surface area contributed by atoms with Crippen molar-refractivity contribution in [3.05, 3.63) is 255 Å². The zero-order chi connectivity index (χ0) is 52.2. The largest absolute Gasteiger partial charge is 0.457 e. The fraction of sp³-hybridized carbons (Fsp3) is 0.250. The van der Waals surface area contributed by atoms with Crippen molar-refractivity contribution in [1.29, 1.82) is 0 Å². The fourth-order valence-electron chi connectivity index (χ4n) is 13.1. The van der Waals surface area contributed by atoms with Gasteiger partial charge < -0.3 is 14.4 Å². The summed E-state index contributed by atoms with van der Waals surface area (Å²) in [5.74, 6) is 3.55. The Balaban J connectivity index is 1.12. The molecule has 0 atom stereocenters. The predicted octanol–water partition coefficient (Wildman–Crippen LogP) is 19.3. The van der Waals surface area contributed by atoms with Crippen LogP contribution < -0.4 is 14.4 Å². The first-order valence-corrected chi connectivity index (χ1v) is 27.0. The molecule has 0 fully saturated rings. The molecule has 3 heteroatoms. The van der Waals surface area contributed by atoms with Gasteiger partial charge in [0.05, 0.1) is 16.5 Å². The van der Waals surface area contributed by atoms with Crippen LogP contribution in [0.15, 0.2) is 188 Å². The molecule has 2 aliphatic carbocycles. The molecule has 0 saturated carbocycles. The number of nitrogens with zero attached hydrogens (tertiary/aromatic N) is 1. The van der Waals surface area contributed by atoms with Crippen LogP contribution in [0.5, 0.6) is 23.0 Å². The minimum Gasteiger partial charge on any atom is -0.457 e. The Morgan fingerprint density at radius 3 is 1.25 bits per heavy atom. The van der Waals surface area contributed by atoms with Gasteiger partial charge in [0.15, 0.2) is 0 Å². The third kappa shape index (κ3) is 6.78. The van der Waals surface area contributed by atoms with Crippen molar-refractivity contribution < 1.29 is 9.47 Å². The van der Waals surface area contributed by atoms with Crippen LogP contribution in [0.3, 0.4) is 0 Å². The quantitative estimate of drug-likeness (QED) is 0.176. The molecule has 0 unspecified atom stereocenters. The maximum Gasteiger partial charge on any atom is 0.132 e. The smallest absolute Gasteiger partial charge is 0.132 e. The number of benzene rings is 9. The van der Waals surface area contributed by atoms with Gasteiger partial charge in [-0.15, -0.1) is 0 Å². The molecular weight excluding hydrogens is 911 g/mol. The Labute approximate surface area is 444 Å². The van der Waals surface area contributed by atoms with E-state index in [0.717, 1.165) is 51.2 Å². The van der Waals surface area contributed by atoms with Crippen molar-refractivity contribution in [1.82, 2.24) is 0 Å². The Morgan fingerprint density at radius 2 is 0.707 bits per heavy atom. The molecule has 2 spiro atoms.